The average molecular weight is 288 g/mol. The lowest BCUT2D eigenvalue weighted by Gasteiger charge is -2.09. The lowest BCUT2D eigenvalue weighted by Crippen LogP contribution is -2.28. The highest BCUT2D eigenvalue weighted by molar-refractivity contribution is 6.31. The van der Waals surface area contributed by atoms with Crippen molar-refractivity contribution in [3.8, 4) is 6.07 Å². The second kappa shape index (κ2) is 5.89. The molecule has 1 heterocycles. The van der Waals surface area contributed by atoms with Crippen LogP contribution in [0.3, 0.4) is 0 Å². The first-order chi connectivity index (χ1) is 9.54. The summed E-state index contributed by atoms with van der Waals surface area (Å²) in [6.07, 6.45) is 0.597. The Morgan fingerprint density at radius 2 is 2.05 bits per heavy atom. The second-order valence-corrected chi connectivity index (χ2v) is 4.97. The van der Waals surface area contributed by atoms with Gasteiger partial charge in [-0.05, 0) is 37.5 Å². The highest BCUT2D eigenvalue weighted by Crippen LogP contribution is 2.15. The minimum atomic E-state index is -0.345. The van der Waals surface area contributed by atoms with Crippen LogP contribution < -0.4 is 5.56 Å². The van der Waals surface area contributed by atoms with Crippen molar-refractivity contribution in [2.24, 2.45) is 0 Å². The summed E-state index contributed by atoms with van der Waals surface area (Å²) < 4.78 is 1.34. The first kappa shape index (κ1) is 14.3. The molecule has 5 heteroatoms. The van der Waals surface area contributed by atoms with Crippen molar-refractivity contribution in [2.75, 3.05) is 0 Å². The van der Waals surface area contributed by atoms with Crippen molar-refractivity contribution in [2.45, 2.75) is 26.8 Å². The maximum Gasteiger partial charge on any atom is 0.284 e. The van der Waals surface area contributed by atoms with Crippen molar-refractivity contribution in [3.05, 3.63) is 62.0 Å². The Kier molecular flexibility index (Phi) is 4.21. The van der Waals surface area contributed by atoms with Gasteiger partial charge in [0.2, 0.25) is 0 Å². The molecule has 0 spiro atoms. The molecule has 2 aromatic rings. The van der Waals surface area contributed by atoms with Crippen molar-refractivity contribution in [1.82, 2.24) is 9.78 Å². The number of hydrogen-bond acceptors (Lipinski definition) is 3. The van der Waals surface area contributed by atoms with E-state index in [1.165, 1.54) is 4.68 Å². The molecule has 0 aliphatic rings. The van der Waals surface area contributed by atoms with Crippen LogP contribution in [0.4, 0.5) is 0 Å². The Hall–Kier alpha value is -2.12. The number of aryl methyl sites for hydroxylation is 3. The molecule has 1 aromatic heterocycles. The number of nitrogens with zero attached hydrogens (tertiary/aromatic N) is 3. The highest BCUT2D eigenvalue weighted by atomic mass is 35.5. The average Bonchev–Trinajstić information content (AvgIpc) is 2.44. The zero-order chi connectivity index (χ0) is 14.7. The Morgan fingerprint density at radius 3 is 2.70 bits per heavy atom. The van der Waals surface area contributed by atoms with E-state index in [2.05, 4.69) is 5.10 Å². The Morgan fingerprint density at radius 1 is 1.35 bits per heavy atom. The molecule has 0 aliphatic heterocycles. The van der Waals surface area contributed by atoms with Gasteiger partial charge in [0.05, 0.1) is 5.69 Å². The molecule has 0 unspecified atom stereocenters. The van der Waals surface area contributed by atoms with Crippen LogP contribution in [0.25, 0.3) is 0 Å². The largest absolute Gasteiger partial charge is 0.284 e. The lowest BCUT2D eigenvalue weighted by molar-refractivity contribution is 0.566. The van der Waals surface area contributed by atoms with E-state index in [1.807, 2.05) is 30.3 Å². The van der Waals surface area contributed by atoms with Crippen LogP contribution in [-0.4, -0.2) is 9.78 Å². The molecule has 4 nitrogen and oxygen atoms in total. The fourth-order valence-electron chi connectivity index (χ4n) is 1.98. The van der Waals surface area contributed by atoms with Gasteiger partial charge in [-0.2, -0.15) is 10.4 Å². The van der Waals surface area contributed by atoms with Gasteiger partial charge in [0.1, 0.15) is 11.6 Å². The lowest BCUT2D eigenvalue weighted by atomic mass is 10.1. The van der Waals surface area contributed by atoms with Crippen LogP contribution in [0, 0.1) is 25.2 Å². The highest BCUT2D eigenvalue weighted by Gasteiger charge is 2.11. The summed E-state index contributed by atoms with van der Waals surface area (Å²) in [5.74, 6) is 0. The third-order valence-electron chi connectivity index (χ3n) is 3.30. The quantitative estimate of drug-likeness (QED) is 0.872. The zero-order valence-corrected chi connectivity index (χ0v) is 12.1. The molecule has 102 valence electrons. The van der Waals surface area contributed by atoms with Gasteiger partial charge in [-0.1, -0.05) is 29.8 Å². The van der Waals surface area contributed by atoms with Crippen LogP contribution in [0.5, 0.6) is 0 Å². The van der Waals surface area contributed by atoms with Crippen LogP contribution in [0.2, 0.25) is 5.02 Å². The molecular weight excluding hydrogens is 274 g/mol. The number of aromatic nitrogens is 2. The zero-order valence-electron chi connectivity index (χ0n) is 11.4. The summed E-state index contributed by atoms with van der Waals surface area (Å²) in [5, 5.41) is 14.0. The molecule has 0 N–H and O–H groups in total. The van der Waals surface area contributed by atoms with Crippen molar-refractivity contribution >= 4 is 11.6 Å². The third-order valence-corrected chi connectivity index (χ3v) is 3.67. The predicted octanol–water partition coefficient (Wildman–Crippen LogP) is 2.63. The normalized spacial score (nSPS) is 10.3. The molecule has 0 bridgehead atoms. The molecule has 0 radical (unpaired) electrons. The molecule has 0 atom stereocenters. The van der Waals surface area contributed by atoms with Crippen LogP contribution in [-0.2, 0) is 13.0 Å². The van der Waals surface area contributed by atoms with Gasteiger partial charge in [0.25, 0.3) is 5.56 Å². The van der Waals surface area contributed by atoms with E-state index in [9.17, 15) is 4.79 Å². The van der Waals surface area contributed by atoms with E-state index in [-0.39, 0.29) is 11.1 Å². The maximum atomic E-state index is 12.1. The Bertz CT molecular complexity index is 744. The summed E-state index contributed by atoms with van der Waals surface area (Å²) in [6, 6.07) is 9.45. The summed E-state index contributed by atoms with van der Waals surface area (Å²) in [7, 11) is 0. The topological polar surface area (TPSA) is 58.7 Å². The summed E-state index contributed by atoms with van der Waals surface area (Å²) in [4.78, 5) is 12.1. The van der Waals surface area contributed by atoms with Gasteiger partial charge in [0, 0.05) is 11.6 Å². The van der Waals surface area contributed by atoms with Gasteiger partial charge in [-0.15, -0.1) is 0 Å². The number of hydrogen-bond donors (Lipinski definition) is 0. The molecule has 0 aliphatic carbocycles. The molecule has 1 aromatic carbocycles. The first-order valence-electron chi connectivity index (χ1n) is 6.26. The van der Waals surface area contributed by atoms with Gasteiger partial charge in [0.15, 0.2) is 0 Å². The van der Waals surface area contributed by atoms with Crippen molar-refractivity contribution in [3.63, 3.8) is 0 Å². The monoisotopic (exact) mass is 287 g/mol. The van der Waals surface area contributed by atoms with E-state index in [4.69, 9.17) is 16.9 Å². The molecule has 0 saturated heterocycles. The van der Waals surface area contributed by atoms with E-state index in [1.54, 1.807) is 13.8 Å². The fraction of sp³-hybridized carbons (Fsp3) is 0.267. The smallest absolute Gasteiger partial charge is 0.266 e. The number of nitriles is 1. The maximum absolute atomic E-state index is 12.1. The van der Waals surface area contributed by atoms with Crippen molar-refractivity contribution < 1.29 is 0 Å². The SMILES string of the molecule is Cc1nn(CCc2ccccc2Cl)c(=O)c(C#N)c1C. The standard InChI is InChI=1S/C15H14ClN3O/c1-10-11(2)18-19(15(20)13(10)9-17)8-7-12-5-3-4-6-14(12)16/h3-6H,7-8H2,1-2H3. The molecule has 2 rings (SSSR count). The fourth-order valence-corrected chi connectivity index (χ4v) is 2.21. The minimum Gasteiger partial charge on any atom is -0.266 e. The molecular formula is C15H14ClN3O. The van der Waals surface area contributed by atoms with Crippen molar-refractivity contribution in [1.29, 1.82) is 5.26 Å². The van der Waals surface area contributed by atoms with Gasteiger partial charge >= 0.3 is 0 Å². The number of rotatable bonds is 3. The third kappa shape index (κ3) is 2.73. The molecule has 0 saturated carbocycles. The van der Waals surface area contributed by atoms with Gasteiger partial charge in [-0.3, -0.25) is 4.79 Å². The first-order valence-corrected chi connectivity index (χ1v) is 6.64. The summed E-state index contributed by atoms with van der Waals surface area (Å²) in [6.45, 7) is 3.93. The van der Waals surface area contributed by atoms with Crippen LogP contribution in [0.1, 0.15) is 22.4 Å². The Balaban J connectivity index is 2.32. The molecule has 0 fully saturated rings. The van der Waals surface area contributed by atoms with Crippen LogP contribution in [0.15, 0.2) is 29.1 Å². The van der Waals surface area contributed by atoms with E-state index in [0.717, 1.165) is 5.56 Å². The minimum absolute atomic E-state index is 0.164. The molecule has 0 amide bonds. The number of halogens is 1. The summed E-state index contributed by atoms with van der Waals surface area (Å²) >= 11 is 6.09. The van der Waals surface area contributed by atoms with Gasteiger partial charge < -0.3 is 0 Å². The van der Waals surface area contributed by atoms with E-state index in [0.29, 0.717) is 29.2 Å². The number of benzene rings is 1. The van der Waals surface area contributed by atoms with Gasteiger partial charge in [-0.25, -0.2) is 4.68 Å². The summed E-state index contributed by atoms with van der Waals surface area (Å²) in [5.41, 5.74) is 2.12. The Labute approximate surface area is 122 Å². The second-order valence-electron chi connectivity index (χ2n) is 4.57. The van der Waals surface area contributed by atoms with Crippen LogP contribution >= 0.6 is 11.6 Å². The molecule has 20 heavy (non-hydrogen) atoms. The predicted molar refractivity (Wildman–Crippen MR) is 77.8 cm³/mol. The van der Waals surface area contributed by atoms with E-state index < -0.39 is 0 Å². The van der Waals surface area contributed by atoms with E-state index >= 15 is 0 Å².